The average molecular weight is 231 g/mol. The molecule has 3 nitrogen and oxygen atoms in total. The van der Waals surface area contributed by atoms with Gasteiger partial charge in [-0.3, -0.25) is 14.5 Å². The maximum atomic E-state index is 12.1. The van der Waals surface area contributed by atoms with Gasteiger partial charge in [-0.2, -0.15) is 0 Å². The summed E-state index contributed by atoms with van der Waals surface area (Å²) in [5.74, 6) is 1.21. The number of amides is 2. The van der Waals surface area contributed by atoms with Gasteiger partial charge >= 0.3 is 0 Å². The lowest BCUT2D eigenvalue weighted by molar-refractivity contribution is -0.141. The van der Waals surface area contributed by atoms with E-state index in [0.717, 1.165) is 12.8 Å². The summed E-state index contributed by atoms with van der Waals surface area (Å²) < 4.78 is 0. The van der Waals surface area contributed by atoms with Gasteiger partial charge in [0.15, 0.2) is 0 Å². The quantitative estimate of drug-likeness (QED) is 0.537. The van der Waals surface area contributed by atoms with Crippen LogP contribution in [0.3, 0.4) is 0 Å². The highest BCUT2D eigenvalue weighted by atomic mass is 16.2. The summed E-state index contributed by atoms with van der Waals surface area (Å²) in [6.07, 6.45) is 8.08. The first-order valence-corrected chi connectivity index (χ1v) is 6.37. The minimum absolute atomic E-state index is 0.0839. The van der Waals surface area contributed by atoms with E-state index in [1.165, 1.54) is 11.0 Å². The number of rotatable bonds is 2. The van der Waals surface area contributed by atoms with Gasteiger partial charge in [0.2, 0.25) is 0 Å². The van der Waals surface area contributed by atoms with Crippen molar-refractivity contribution in [3.05, 3.63) is 23.8 Å². The van der Waals surface area contributed by atoms with Crippen molar-refractivity contribution in [2.24, 2.45) is 17.8 Å². The number of carbonyl (C=O) groups is 2. The molecule has 1 saturated carbocycles. The highest BCUT2D eigenvalue weighted by molar-refractivity contribution is 6.16. The van der Waals surface area contributed by atoms with E-state index in [9.17, 15) is 9.59 Å². The SMILES string of the molecule is CCC1C2C=CC(C2)C1N1C(=O)C=C(C)C1=O. The molecule has 1 heterocycles. The third kappa shape index (κ3) is 1.34. The fraction of sp³-hybridized carbons (Fsp3) is 0.571. The number of hydrogen-bond acceptors (Lipinski definition) is 2. The average Bonchev–Trinajstić information content (AvgIpc) is 2.94. The number of carbonyl (C=O) groups excluding carboxylic acids is 2. The Morgan fingerprint density at radius 1 is 1.29 bits per heavy atom. The number of fused-ring (bicyclic) bond motifs is 2. The fourth-order valence-corrected chi connectivity index (χ4v) is 3.71. The molecule has 2 bridgehead atoms. The van der Waals surface area contributed by atoms with Crippen molar-refractivity contribution in [3.63, 3.8) is 0 Å². The Balaban J connectivity index is 1.93. The van der Waals surface area contributed by atoms with E-state index >= 15 is 0 Å². The maximum Gasteiger partial charge on any atom is 0.256 e. The predicted molar refractivity (Wildman–Crippen MR) is 63.9 cm³/mol. The first kappa shape index (κ1) is 10.8. The van der Waals surface area contributed by atoms with Crippen LogP contribution in [0.2, 0.25) is 0 Å². The molecule has 0 aromatic carbocycles. The van der Waals surface area contributed by atoms with Crippen molar-refractivity contribution in [2.45, 2.75) is 32.7 Å². The molecule has 3 aliphatic rings. The normalized spacial score (nSPS) is 39.4. The predicted octanol–water partition coefficient (Wildman–Crippen LogP) is 1.90. The Labute approximate surface area is 101 Å². The maximum absolute atomic E-state index is 12.1. The lowest BCUT2D eigenvalue weighted by atomic mass is 9.86. The molecule has 0 saturated heterocycles. The van der Waals surface area contributed by atoms with E-state index in [1.54, 1.807) is 6.92 Å². The first-order chi connectivity index (χ1) is 8.13. The second-order valence-corrected chi connectivity index (χ2v) is 5.35. The van der Waals surface area contributed by atoms with Crippen LogP contribution in [0.5, 0.6) is 0 Å². The van der Waals surface area contributed by atoms with E-state index < -0.39 is 0 Å². The highest BCUT2D eigenvalue weighted by Crippen LogP contribution is 2.48. The highest BCUT2D eigenvalue weighted by Gasteiger charge is 2.50. The minimum atomic E-state index is -0.114. The molecule has 3 rings (SSSR count). The largest absolute Gasteiger partial charge is 0.271 e. The van der Waals surface area contributed by atoms with Gasteiger partial charge in [-0.25, -0.2) is 0 Å². The summed E-state index contributed by atoms with van der Waals surface area (Å²) in [5.41, 5.74) is 0.580. The molecular formula is C14H17NO2. The summed E-state index contributed by atoms with van der Waals surface area (Å²) in [6.45, 7) is 3.88. The molecule has 2 amide bonds. The van der Waals surface area contributed by atoms with Crippen LogP contribution in [-0.4, -0.2) is 22.8 Å². The molecule has 0 radical (unpaired) electrons. The summed E-state index contributed by atoms with van der Waals surface area (Å²) in [6, 6.07) is 0.101. The smallest absolute Gasteiger partial charge is 0.256 e. The first-order valence-electron chi connectivity index (χ1n) is 6.37. The van der Waals surface area contributed by atoms with Crippen molar-refractivity contribution >= 4 is 11.8 Å². The van der Waals surface area contributed by atoms with Gasteiger partial charge in [-0.15, -0.1) is 0 Å². The topological polar surface area (TPSA) is 37.4 Å². The Morgan fingerprint density at radius 3 is 2.59 bits per heavy atom. The van der Waals surface area contributed by atoms with Gasteiger partial charge in [-0.1, -0.05) is 25.5 Å². The molecule has 0 N–H and O–H groups in total. The van der Waals surface area contributed by atoms with Gasteiger partial charge in [0, 0.05) is 17.7 Å². The molecule has 17 heavy (non-hydrogen) atoms. The second-order valence-electron chi connectivity index (χ2n) is 5.35. The fourth-order valence-electron chi connectivity index (χ4n) is 3.71. The molecule has 90 valence electrons. The van der Waals surface area contributed by atoms with E-state index in [-0.39, 0.29) is 17.9 Å². The molecule has 0 aromatic heterocycles. The molecule has 0 aromatic rings. The monoisotopic (exact) mass is 231 g/mol. The van der Waals surface area contributed by atoms with Gasteiger partial charge in [0.05, 0.1) is 0 Å². The van der Waals surface area contributed by atoms with Crippen LogP contribution in [0.1, 0.15) is 26.7 Å². The molecule has 4 unspecified atom stereocenters. The molecular weight excluding hydrogens is 214 g/mol. The van der Waals surface area contributed by atoms with Crippen LogP contribution in [-0.2, 0) is 9.59 Å². The van der Waals surface area contributed by atoms with Gasteiger partial charge in [0.25, 0.3) is 11.8 Å². The molecule has 0 spiro atoms. The molecule has 1 aliphatic heterocycles. The zero-order valence-electron chi connectivity index (χ0n) is 10.2. The Hall–Kier alpha value is -1.38. The Kier molecular flexibility index (Phi) is 2.25. The summed E-state index contributed by atoms with van der Waals surface area (Å²) in [4.78, 5) is 25.5. The van der Waals surface area contributed by atoms with E-state index in [2.05, 4.69) is 19.1 Å². The molecule has 3 heteroatoms. The van der Waals surface area contributed by atoms with Crippen LogP contribution in [0, 0.1) is 17.8 Å². The Morgan fingerprint density at radius 2 is 2.00 bits per heavy atom. The van der Waals surface area contributed by atoms with Gasteiger partial charge in [0.1, 0.15) is 0 Å². The van der Waals surface area contributed by atoms with Crippen LogP contribution in [0.4, 0.5) is 0 Å². The van der Waals surface area contributed by atoms with Crippen molar-refractivity contribution in [1.82, 2.24) is 4.90 Å². The number of imide groups is 1. The minimum Gasteiger partial charge on any atom is -0.271 e. The van der Waals surface area contributed by atoms with E-state index in [4.69, 9.17) is 0 Å². The third-order valence-corrected chi connectivity index (χ3v) is 4.48. The lowest BCUT2D eigenvalue weighted by Crippen LogP contribution is -2.46. The number of nitrogens with zero attached hydrogens (tertiary/aromatic N) is 1. The number of hydrogen-bond donors (Lipinski definition) is 0. The van der Waals surface area contributed by atoms with Gasteiger partial charge in [-0.05, 0) is 31.1 Å². The third-order valence-electron chi connectivity index (χ3n) is 4.48. The zero-order valence-corrected chi connectivity index (χ0v) is 10.2. The zero-order chi connectivity index (χ0) is 12.2. The summed E-state index contributed by atoms with van der Waals surface area (Å²) in [7, 11) is 0. The van der Waals surface area contributed by atoms with Crippen molar-refractivity contribution < 1.29 is 9.59 Å². The molecule has 1 fully saturated rings. The van der Waals surface area contributed by atoms with Crippen molar-refractivity contribution in [2.75, 3.05) is 0 Å². The van der Waals surface area contributed by atoms with Gasteiger partial charge < -0.3 is 0 Å². The summed E-state index contributed by atoms with van der Waals surface area (Å²) in [5, 5.41) is 0. The second kappa shape index (κ2) is 3.56. The van der Waals surface area contributed by atoms with Crippen LogP contribution < -0.4 is 0 Å². The van der Waals surface area contributed by atoms with Crippen molar-refractivity contribution in [3.8, 4) is 0 Å². The van der Waals surface area contributed by atoms with E-state index in [1.807, 2.05) is 0 Å². The Bertz CT molecular complexity index is 449. The van der Waals surface area contributed by atoms with Crippen molar-refractivity contribution in [1.29, 1.82) is 0 Å². The molecule has 2 aliphatic carbocycles. The lowest BCUT2D eigenvalue weighted by Gasteiger charge is -2.33. The number of allylic oxidation sites excluding steroid dienone is 1. The van der Waals surface area contributed by atoms with E-state index in [0.29, 0.717) is 23.3 Å². The summed E-state index contributed by atoms with van der Waals surface area (Å²) >= 11 is 0. The van der Waals surface area contributed by atoms with Crippen LogP contribution in [0.25, 0.3) is 0 Å². The standard InChI is InChI=1S/C14H17NO2/c1-3-11-9-4-5-10(7-9)13(11)15-12(16)6-8(2)14(15)17/h4-6,9-11,13H,3,7H2,1-2H3. The van der Waals surface area contributed by atoms with Crippen LogP contribution in [0.15, 0.2) is 23.8 Å². The molecule has 4 atom stereocenters. The van der Waals surface area contributed by atoms with Crippen LogP contribution >= 0.6 is 0 Å².